The summed E-state index contributed by atoms with van der Waals surface area (Å²) in [7, 11) is 1.89. The molecule has 0 aliphatic carbocycles. The fourth-order valence-corrected chi connectivity index (χ4v) is 4.64. The van der Waals surface area contributed by atoms with E-state index in [1.807, 2.05) is 43.4 Å². The van der Waals surface area contributed by atoms with Gasteiger partial charge in [-0.2, -0.15) is 0 Å². The molecule has 2 aromatic heterocycles. The van der Waals surface area contributed by atoms with E-state index in [2.05, 4.69) is 25.7 Å². The maximum atomic E-state index is 15.0. The third kappa shape index (κ3) is 4.46. The van der Waals surface area contributed by atoms with Crippen LogP contribution in [0.4, 0.5) is 20.3 Å². The van der Waals surface area contributed by atoms with Crippen LogP contribution in [0.15, 0.2) is 54.9 Å². The third-order valence-corrected chi connectivity index (χ3v) is 6.49. The van der Waals surface area contributed by atoms with Crippen LogP contribution in [0.1, 0.15) is 30.4 Å². The van der Waals surface area contributed by atoms with Gasteiger partial charge in [-0.05, 0) is 67.4 Å². The van der Waals surface area contributed by atoms with Gasteiger partial charge in [0.05, 0.1) is 0 Å². The first-order valence-electron chi connectivity index (χ1n) is 11.7. The summed E-state index contributed by atoms with van der Waals surface area (Å²) in [4.78, 5) is 2.12. The number of nitrogens with one attached hydrogen (secondary N) is 2. The van der Waals surface area contributed by atoms with Crippen LogP contribution in [0, 0.1) is 11.6 Å². The summed E-state index contributed by atoms with van der Waals surface area (Å²) in [5, 5.41) is 14.9. The van der Waals surface area contributed by atoms with Crippen molar-refractivity contribution in [3.05, 3.63) is 77.6 Å². The van der Waals surface area contributed by atoms with Crippen molar-refractivity contribution in [1.82, 2.24) is 19.5 Å². The maximum Gasteiger partial charge on any atom is 0.170 e. The van der Waals surface area contributed by atoms with Gasteiger partial charge >= 0.3 is 0 Å². The first kappa shape index (κ1) is 22.3. The Bertz CT molecular complexity index is 1270. The molecule has 3 heterocycles. The first-order chi connectivity index (χ1) is 16.6. The Kier molecular flexibility index (Phi) is 6.40. The highest BCUT2D eigenvalue weighted by Crippen LogP contribution is 2.30. The molecule has 6 nitrogen and oxygen atoms in total. The smallest absolute Gasteiger partial charge is 0.170 e. The molecule has 0 bridgehead atoms. The number of anilines is 2. The van der Waals surface area contributed by atoms with Gasteiger partial charge in [-0.15, -0.1) is 10.2 Å². The van der Waals surface area contributed by atoms with Gasteiger partial charge < -0.3 is 10.6 Å². The molecule has 34 heavy (non-hydrogen) atoms. The molecule has 0 spiro atoms. The van der Waals surface area contributed by atoms with E-state index < -0.39 is 11.6 Å². The van der Waals surface area contributed by atoms with E-state index in [1.165, 1.54) is 18.6 Å². The highest BCUT2D eigenvalue weighted by atomic mass is 19.1. The predicted octanol–water partition coefficient (Wildman–Crippen LogP) is 5.31. The molecule has 1 aliphatic rings. The highest BCUT2D eigenvalue weighted by molar-refractivity contribution is 5.79. The molecule has 2 N–H and O–H groups in total. The van der Waals surface area contributed by atoms with Gasteiger partial charge in [0.2, 0.25) is 0 Å². The molecular weight excluding hydrogens is 434 g/mol. The average Bonchev–Trinajstić information content (AvgIpc) is 3.36. The van der Waals surface area contributed by atoms with E-state index in [4.69, 9.17) is 0 Å². The molecule has 8 heteroatoms. The summed E-state index contributed by atoms with van der Waals surface area (Å²) in [6, 6.07) is 14.6. The zero-order valence-corrected chi connectivity index (χ0v) is 19.2. The Morgan fingerprint density at radius 2 is 1.74 bits per heavy atom. The summed E-state index contributed by atoms with van der Waals surface area (Å²) >= 11 is 0. The van der Waals surface area contributed by atoms with Crippen LogP contribution in [0.3, 0.4) is 0 Å². The van der Waals surface area contributed by atoms with Crippen LogP contribution in [0.25, 0.3) is 16.8 Å². The van der Waals surface area contributed by atoms with Crippen molar-refractivity contribution in [3.63, 3.8) is 0 Å². The van der Waals surface area contributed by atoms with Gasteiger partial charge in [0, 0.05) is 37.0 Å². The zero-order valence-electron chi connectivity index (χ0n) is 19.2. The third-order valence-electron chi connectivity index (χ3n) is 6.49. The molecule has 5 rings (SSSR count). The van der Waals surface area contributed by atoms with Crippen molar-refractivity contribution >= 4 is 17.2 Å². The SMILES string of the molecule is CNc1ccccc1CNc1ccc(-c2cc(F)c(CN3CCCCC3)c(F)c2)c2nncn12. The monoisotopic (exact) mass is 462 g/mol. The largest absolute Gasteiger partial charge is 0.388 e. The van der Waals surface area contributed by atoms with Gasteiger partial charge in [-0.3, -0.25) is 9.30 Å². The molecule has 4 aromatic rings. The second kappa shape index (κ2) is 9.77. The van der Waals surface area contributed by atoms with Crippen LogP contribution in [0.5, 0.6) is 0 Å². The van der Waals surface area contributed by atoms with E-state index in [0.29, 0.717) is 29.9 Å². The fourth-order valence-electron chi connectivity index (χ4n) is 4.64. The number of rotatable bonds is 7. The Hall–Kier alpha value is -3.52. The number of benzene rings is 2. The molecule has 0 amide bonds. The van der Waals surface area contributed by atoms with Gasteiger partial charge in [-0.25, -0.2) is 8.78 Å². The molecule has 0 saturated carbocycles. The Balaban J connectivity index is 1.42. The van der Waals surface area contributed by atoms with Gasteiger partial charge in [0.25, 0.3) is 0 Å². The zero-order chi connectivity index (χ0) is 23.5. The van der Waals surface area contributed by atoms with Gasteiger partial charge in [0.1, 0.15) is 23.8 Å². The number of halogens is 2. The molecule has 2 aromatic carbocycles. The van der Waals surface area contributed by atoms with Crippen molar-refractivity contribution in [1.29, 1.82) is 0 Å². The summed E-state index contributed by atoms with van der Waals surface area (Å²) in [6.45, 7) is 2.66. The fraction of sp³-hybridized carbons (Fsp3) is 0.308. The number of hydrogen-bond acceptors (Lipinski definition) is 5. The second-order valence-electron chi connectivity index (χ2n) is 8.67. The van der Waals surface area contributed by atoms with Crippen molar-refractivity contribution in [3.8, 4) is 11.1 Å². The summed E-state index contributed by atoms with van der Waals surface area (Å²) in [6.07, 6.45) is 4.93. The van der Waals surface area contributed by atoms with E-state index >= 15 is 8.78 Å². The van der Waals surface area contributed by atoms with Crippen LogP contribution < -0.4 is 10.6 Å². The maximum absolute atomic E-state index is 15.0. The standard InChI is InChI=1S/C26H28F2N6/c1-29-24-8-4-3-7-18(24)15-30-25-10-9-20(26-32-31-17-34(25)26)19-13-22(27)21(23(28)14-19)16-33-11-5-2-6-12-33/h3-4,7-10,13-14,17,29-30H,2,5-6,11-12,15-16H2,1H3. The predicted molar refractivity (Wildman–Crippen MR) is 131 cm³/mol. The van der Waals surface area contributed by atoms with Crippen molar-refractivity contribution in [2.24, 2.45) is 0 Å². The molecule has 0 atom stereocenters. The minimum absolute atomic E-state index is 0.129. The lowest BCUT2D eigenvalue weighted by atomic mass is 10.0. The van der Waals surface area contributed by atoms with Crippen molar-refractivity contribution in [2.75, 3.05) is 30.8 Å². The lowest BCUT2D eigenvalue weighted by Crippen LogP contribution is -2.29. The molecule has 1 aliphatic heterocycles. The Morgan fingerprint density at radius 1 is 0.971 bits per heavy atom. The molecular formula is C26H28F2N6. The summed E-state index contributed by atoms with van der Waals surface area (Å²) in [5.74, 6) is -0.259. The number of nitrogens with zero attached hydrogens (tertiary/aromatic N) is 4. The van der Waals surface area contributed by atoms with E-state index in [-0.39, 0.29) is 5.56 Å². The first-order valence-corrected chi connectivity index (χ1v) is 11.7. The van der Waals surface area contributed by atoms with Gasteiger partial charge in [-0.1, -0.05) is 24.6 Å². The molecule has 0 radical (unpaired) electrons. The lowest BCUT2D eigenvalue weighted by Gasteiger charge is -2.26. The number of pyridine rings is 1. The van der Waals surface area contributed by atoms with E-state index in [9.17, 15) is 0 Å². The van der Waals surface area contributed by atoms with Crippen LogP contribution in [0.2, 0.25) is 0 Å². The quantitative estimate of drug-likeness (QED) is 0.390. The number of piperidine rings is 1. The van der Waals surface area contributed by atoms with Crippen LogP contribution in [-0.2, 0) is 13.1 Å². The van der Waals surface area contributed by atoms with Crippen LogP contribution in [-0.4, -0.2) is 39.6 Å². The minimum atomic E-state index is -0.524. The molecule has 0 unspecified atom stereocenters. The number of fused-ring (bicyclic) bond motifs is 1. The summed E-state index contributed by atoms with van der Waals surface area (Å²) in [5.41, 5.74) is 3.90. The minimum Gasteiger partial charge on any atom is -0.388 e. The number of para-hydroxylation sites is 1. The number of aromatic nitrogens is 3. The molecule has 1 fully saturated rings. The topological polar surface area (TPSA) is 57.5 Å². The van der Waals surface area contributed by atoms with E-state index in [0.717, 1.165) is 43.0 Å². The lowest BCUT2D eigenvalue weighted by molar-refractivity contribution is 0.215. The number of hydrogen-bond donors (Lipinski definition) is 2. The normalized spacial score (nSPS) is 14.4. The van der Waals surface area contributed by atoms with Crippen molar-refractivity contribution in [2.45, 2.75) is 32.4 Å². The number of likely N-dealkylation sites (tertiary alicyclic amines) is 1. The average molecular weight is 463 g/mol. The Labute approximate surface area is 197 Å². The molecule has 176 valence electrons. The van der Waals surface area contributed by atoms with Crippen LogP contribution >= 0.6 is 0 Å². The highest BCUT2D eigenvalue weighted by Gasteiger charge is 2.19. The second-order valence-corrected chi connectivity index (χ2v) is 8.67. The Morgan fingerprint density at radius 3 is 2.50 bits per heavy atom. The van der Waals surface area contributed by atoms with E-state index in [1.54, 1.807) is 10.7 Å². The summed E-state index contributed by atoms with van der Waals surface area (Å²) < 4.78 is 31.8. The molecule has 1 saturated heterocycles. The van der Waals surface area contributed by atoms with Gasteiger partial charge in [0.15, 0.2) is 5.65 Å². The van der Waals surface area contributed by atoms with Crippen molar-refractivity contribution < 1.29 is 8.78 Å².